The Morgan fingerprint density at radius 2 is 2.12 bits per heavy atom. The molecule has 0 saturated carbocycles. The van der Waals surface area contributed by atoms with Crippen LogP contribution >= 0.6 is 15.9 Å². The fraction of sp³-hybridized carbons (Fsp3) is 0.167. The minimum absolute atomic E-state index is 0.284. The molecule has 2 rings (SSSR count). The van der Waals surface area contributed by atoms with Gasteiger partial charge in [0.05, 0.1) is 0 Å². The van der Waals surface area contributed by atoms with E-state index in [4.69, 9.17) is 5.73 Å². The molecule has 1 atom stereocenters. The third kappa shape index (κ3) is 2.24. The summed E-state index contributed by atoms with van der Waals surface area (Å²) in [4.78, 5) is 17.0. The lowest BCUT2D eigenvalue weighted by molar-refractivity contribution is 0.213. The van der Waals surface area contributed by atoms with Crippen molar-refractivity contribution in [3.63, 3.8) is 0 Å². The number of carbonyl (C=O) groups excluding carboxylic acids is 1. The molecule has 1 unspecified atom stereocenters. The molecule has 0 aromatic heterocycles. The monoisotopic (exact) mass is 293 g/mol. The minimum atomic E-state index is -0.310. The number of amidine groups is 1. The van der Waals surface area contributed by atoms with E-state index >= 15 is 0 Å². The second-order valence-corrected chi connectivity index (χ2v) is 4.63. The molecule has 0 aliphatic carbocycles. The zero-order valence-corrected chi connectivity index (χ0v) is 10.7. The molecule has 1 aromatic rings. The van der Waals surface area contributed by atoms with Crippen molar-refractivity contribution in [1.29, 1.82) is 0 Å². The highest BCUT2D eigenvalue weighted by atomic mass is 79.9. The van der Waals surface area contributed by atoms with E-state index in [-0.39, 0.29) is 12.1 Å². The molecular weight excluding hydrogens is 282 g/mol. The molecule has 2 N–H and O–H groups in total. The number of rotatable bonds is 3. The minimum Gasteiger partial charge on any atom is -0.385 e. The molecule has 2 amide bonds. The number of nitrogens with zero attached hydrogens (tertiary/aromatic N) is 2. The highest BCUT2D eigenvalue weighted by Crippen LogP contribution is 2.27. The fourth-order valence-electron chi connectivity index (χ4n) is 1.82. The van der Waals surface area contributed by atoms with Gasteiger partial charge in [-0.1, -0.05) is 34.1 Å². The SMILES string of the molecule is C=CCN1C(=O)N=C(N)C1c1ccc(Br)cc1. The van der Waals surface area contributed by atoms with Crippen LogP contribution in [0.25, 0.3) is 0 Å². The van der Waals surface area contributed by atoms with Crippen molar-refractivity contribution in [2.45, 2.75) is 6.04 Å². The van der Waals surface area contributed by atoms with Crippen LogP contribution in [0, 0.1) is 0 Å². The Morgan fingerprint density at radius 1 is 1.47 bits per heavy atom. The van der Waals surface area contributed by atoms with Gasteiger partial charge in [-0.05, 0) is 17.7 Å². The first-order chi connectivity index (χ1) is 8.13. The molecule has 1 aromatic carbocycles. The summed E-state index contributed by atoms with van der Waals surface area (Å²) in [6.07, 6.45) is 1.66. The smallest absolute Gasteiger partial charge is 0.346 e. The standard InChI is InChI=1S/C12H12BrN3O/c1-2-7-16-10(11(14)15-12(16)17)8-3-5-9(13)6-4-8/h2-6,10H,1,7H2,(H2,14,15,17). The molecular formula is C12H12BrN3O. The Balaban J connectivity index is 2.35. The molecule has 0 fully saturated rings. The van der Waals surface area contributed by atoms with Crippen LogP contribution in [0.3, 0.4) is 0 Å². The third-order valence-corrected chi connectivity index (χ3v) is 3.10. The van der Waals surface area contributed by atoms with Crippen molar-refractivity contribution in [3.8, 4) is 0 Å². The second-order valence-electron chi connectivity index (χ2n) is 3.71. The van der Waals surface area contributed by atoms with E-state index in [2.05, 4.69) is 27.5 Å². The number of urea groups is 1. The summed E-state index contributed by atoms with van der Waals surface area (Å²) in [6, 6.07) is 7.08. The summed E-state index contributed by atoms with van der Waals surface area (Å²) in [5.41, 5.74) is 6.75. The molecule has 17 heavy (non-hydrogen) atoms. The van der Waals surface area contributed by atoms with Crippen molar-refractivity contribution < 1.29 is 4.79 Å². The average Bonchev–Trinajstić information content (AvgIpc) is 2.56. The topological polar surface area (TPSA) is 58.7 Å². The molecule has 0 spiro atoms. The van der Waals surface area contributed by atoms with Crippen LogP contribution in [-0.2, 0) is 0 Å². The zero-order chi connectivity index (χ0) is 12.4. The van der Waals surface area contributed by atoms with E-state index in [9.17, 15) is 4.79 Å². The van der Waals surface area contributed by atoms with Crippen LogP contribution in [0.1, 0.15) is 11.6 Å². The largest absolute Gasteiger partial charge is 0.385 e. The van der Waals surface area contributed by atoms with Crippen LogP contribution in [-0.4, -0.2) is 23.3 Å². The third-order valence-electron chi connectivity index (χ3n) is 2.57. The predicted octanol–water partition coefficient (Wildman–Crippen LogP) is 2.47. The van der Waals surface area contributed by atoms with Crippen molar-refractivity contribution in [2.24, 2.45) is 10.7 Å². The van der Waals surface area contributed by atoms with Crippen LogP contribution in [0.5, 0.6) is 0 Å². The molecule has 1 aliphatic rings. The van der Waals surface area contributed by atoms with Gasteiger partial charge in [0.1, 0.15) is 11.9 Å². The Kier molecular flexibility index (Phi) is 3.28. The summed E-state index contributed by atoms with van der Waals surface area (Å²) >= 11 is 3.37. The summed E-state index contributed by atoms with van der Waals surface area (Å²) in [5, 5.41) is 0. The summed E-state index contributed by atoms with van der Waals surface area (Å²) < 4.78 is 0.983. The second kappa shape index (κ2) is 4.71. The van der Waals surface area contributed by atoms with Crippen LogP contribution in [0.4, 0.5) is 4.79 Å². The molecule has 1 aliphatic heterocycles. The van der Waals surface area contributed by atoms with Crippen molar-refractivity contribution >= 4 is 27.8 Å². The first kappa shape index (κ1) is 11.9. The molecule has 5 heteroatoms. The molecule has 88 valence electrons. The summed E-state index contributed by atoms with van der Waals surface area (Å²) in [5.74, 6) is 0.333. The number of nitrogens with two attached hydrogens (primary N) is 1. The Bertz CT molecular complexity index is 481. The first-order valence-corrected chi connectivity index (χ1v) is 5.94. The van der Waals surface area contributed by atoms with Crippen LogP contribution < -0.4 is 5.73 Å². The normalized spacial score (nSPS) is 19.4. The lowest BCUT2D eigenvalue weighted by Gasteiger charge is -2.23. The van der Waals surface area contributed by atoms with Gasteiger partial charge in [0.2, 0.25) is 0 Å². The number of halogens is 1. The summed E-state index contributed by atoms with van der Waals surface area (Å²) in [7, 11) is 0. The lowest BCUT2D eigenvalue weighted by atomic mass is 10.1. The predicted molar refractivity (Wildman–Crippen MR) is 70.8 cm³/mol. The van der Waals surface area contributed by atoms with Gasteiger partial charge in [-0.25, -0.2) is 4.79 Å². The van der Waals surface area contributed by atoms with E-state index in [0.717, 1.165) is 10.0 Å². The Labute approximate surface area is 108 Å². The van der Waals surface area contributed by atoms with Gasteiger partial charge in [0.25, 0.3) is 0 Å². The number of carbonyl (C=O) groups is 1. The van der Waals surface area contributed by atoms with Gasteiger partial charge in [0.15, 0.2) is 0 Å². The Hall–Kier alpha value is -1.62. The van der Waals surface area contributed by atoms with Crippen LogP contribution in [0.15, 0.2) is 46.4 Å². The number of benzene rings is 1. The number of hydrogen-bond donors (Lipinski definition) is 1. The number of hydrogen-bond acceptors (Lipinski definition) is 2. The molecule has 0 bridgehead atoms. The zero-order valence-electron chi connectivity index (χ0n) is 9.14. The van der Waals surface area contributed by atoms with Gasteiger partial charge in [0, 0.05) is 11.0 Å². The van der Waals surface area contributed by atoms with Gasteiger partial charge < -0.3 is 10.6 Å². The summed E-state index contributed by atoms with van der Waals surface area (Å²) in [6.45, 7) is 4.07. The molecule has 0 saturated heterocycles. The van der Waals surface area contributed by atoms with Crippen LogP contribution in [0.2, 0.25) is 0 Å². The van der Waals surface area contributed by atoms with E-state index in [1.165, 1.54) is 0 Å². The average molecular weight is 294 g/mol. The number of aliphatic imine (C=N–C) groups is 1. The fourth-order valence-corrected chi connectivity index (χ4v) is 2.09. The van der Waals surface area contributed by atoms with Gasteiger partial charge in [-0.2, -0.15) is 4.99 Å². The van der Waals surface area contributed by atoms with E-state index < -0.39 is 0 Å². The lowest BCUT2D eigenvalue weighted by Crippen LogP contribution is -2.33. The maximum absolute atomic E-state index is 11.6. The highest BCUT2D eigenvalue weighted by Gasteiger charge is 2.33. The van der Waals surface area contributed by atoms with Gasteiger partial charge in [-0.3, -0.25) is 0 Å². The highest BCUT2D eigenvalue weighted by molar-refractivity contribution is 9.10. The van der Waals surface area contributed by atoms with Crippen molar-refractivity contribution in [3.05, 3.63) is 47.0 Å². The van der Waals surface area contributed by atoms with Gasteiger partial charge in [-0.15, -0.1) is 6.58 Å². The Morgan fingerprint density at radius 3 is 2.71 bits per heavy atom. The van der Waals surface area contributed by atoms with E-state index in [1.54, 1.807) is 11.0 Å². The maximum atomic E-state index is 11.6. The first-order valence-electron chi connectivity index (χ1n) is 5.14. The van der Waals surface area contributed by atoms with E-state index in [0.29, 0.717) is 12.4 Å². The van der Waals surface area contributed by atoms with E-state index in [1.807, 2.05) is 24.3 Å². The van der Waals surface area contributed by atoms with Gasteiger partial charge >= 0.3 is 6.03 Å². The molecule has 1 heterocycles. The van der Waals surface area contributed by atoms with Crippen molar-refractivity contribution in [1.82, 2.24) is 4.90 Å². The molecule has 4 nitrogen and oxygen atoms in total. The quantitative estimate of drug-likeness (QED) is 0.871. The number of amides is 2. The maximum Gasteiger partial charge on any atom is 0.346 e. The molecule has 0 radical (unpaired) electrons. The van der Waals surface area contributed by atoms with Crippen molar-refractivity contribution in [2.75, 3.05) is 6.54 Å².